The molecule has 3 heteroatoms. The third-order valence-electron chi connectivity index (χ3n) is 9.37. The van der Waals surface area contributed by atoms with Crippen molar-refractivity contribution in [3.05, 3.63) is 70.8 Å². The minimum absolute atomic E-state index is 0.0729. The zero-order valence-electron chi connectivity index (χ0n) is 20.0. The second-order valence-electron chi connectivity index (χ2n) is 11.3. The molecule has 0 aromatic heterocycles. The minimum atomic E-state index is -0.245. The van der Waals surface area contributed by atoms with E-state index in [0.717, 1.165) is 37.0 Å². The monoisotopic (exact) mass is 442 g/mol. The predicted molar refractivity (Wildman–Crippen MR) is 130 cm³/mol. The van der Waals surface area contributed by atoms with Gasteiger partial charge in [-0.1, -0.05) is 49.8 Å². The van der Waals surface area contributed by atoms with Gasteiger partial charge in [-0.2, -0.15) is 0 Å². The van der Waals surface area contributed by atoms with E-state index in [-0.39, 0.29) is 11.4 Å². The molecule has 172 valence electrons. The van der Waals surface area contributed by atoms with Crippen molar-refractivity contribution in [2.75, 3.05) is 6.61 Å². The second-order valence-corrected chi connectivity index (χ2v) is 11.3. The highest BCUT2D eigenvalue weighted by atomic mass is 16.5. The molecule has 4 aliphatic rings. The van der Waals surface area contributed by atoms with Gasteiger partial charge >= 0.3 is 5.97 Å². The Bertz CT molecular complexity index is 1150. The van der Waals surface area contributed by atoms with Crippen LogP contribution in [0.3, 0.4) is 0 Å². The third-order valence-corrected chi connectivity index (χ3v) is 9.37. The summed E-state index contributed by atoms with van der Waals surface area (Å²) in [6.07, 6.45) is 9.76. The van der Waals surface area contributed by atoms with Crippen molar-refractivity contribution in [2.45, 2.75) is 70.6 Å². The van der Waals surface area contributed by atoms with Crippen LogP contribution in [0.1, 0.15) is 75.5 Å². The van der Waals surface area contributed by atoms with E-state index in [1.54, 1.807) is 5.57 Å². The number of benzene rings is 2. The lowest BCUT2D eigenvalue weighted by molar-refractivity contribution is -0.131. The average Bonchev–Trinajstić information content (AvgIpc) is 3.30. The number of carbonyl (C=O) groups excluding carboxylic acids is 1. The predicted octanol–water partition coefficient (Wildman–Crippen LogP) is 6.74. The van der Waals surface area contributed by atoms with E-state index in [1.807, 2.05) is 6.07 Å². The lowest BCUT2D eigenvalue weighted by Gasteiger charge is -2.51. The highest BCUT2D eigenvalue weighted by Crippen LogP contribution is 2.63. The van der Waals surface area contributed by atoms with Gasteiger partial charge < -0.3 is 9.47 Å². The van der Waals surface area contributed by atoms with Gasteiger partial charge in [0.25, 0.3) is 0 Å². The first kappa shape index (κ1) is 21.0. The first-order valence-corrected chi connectivity index (χ1v) is 12.6. The van der Waals surface area contributed by atoms with Gasteiger partial charge in [0.1, 0.15) is 11.5 Å². The Hall–Kier alpha value is -2.55. The van der Waals surface area contributed by atoms with Crippen LogP contribution in [-0.4, -0.2) is 12.6 Å². The van der Waals surface area contributed by atoms with Gasteiger partial charge in [-0.25, -0.2) is 0 Å². The quantitative estimate of drug-likeness (QED) is 0.300. The summed E-state index contributed by atoms with van der Waals surface area (Å²) in [4.78, 5) is 11.4. The smallest absolute Gasteiger partial charge is 0.308 e. The van der Waals surface area contributed by atoms with Crippen LogP contribution in [0.4, 0.5) is 0 Å². The SMILES string of the molecule is CC(=O)Oc1ccc2c(c1)CC[C@@H]1[C@@H]2CC[C@]2(C)C(C[C@@]3(C)COc4ccccc43)=CC[C@@H]12. The van der Waals surface area contributed by atoms with Crippen LogP contribution in [0.15, 0.2) is 54.1 Å². The number of allylic oxidation sites excluding steroid dienone is 2. The van der Waals surface area contributed by atoms with E-state index in [4.69, 9.17) is 9.47 Å². The minimum Gasteiger partial charge on any atom is -0.492 e. The molecule has 5 atom stereocenters. The molecule has 0 amide bonds. The maximum Gasteiger partial charge on any atom is 0.308 e. The average molecular weight is 443 g/mol. The lowest BCUT2D eigenvalue weighted by Crippen LogP contribution is -2.42. The normalized spacial score (nSPS) is 33.8. The molecule has 1 aliphatic heterocycles. The van der Waals surface area contributed by atoms with Crippen molar-refractivity contribution < 1.29 is 14.3 Å². The van der Waals surface area contributed by atoms with Crippen LogP contribution < -0.4 is 9.47 Å². The summed E-state index contributed by atoms with van der Waals surface area (Å²) in [7, 11) is 0. The van der Waals surface area contributed by atoms with Crippen LogP contribution in [0.2, 0.25) is 0 Å². The number of para-hydroxylation sites is 1. The third kappa shape index (κ3) is 3.26. The number of hydrogen-bond donors (Lipinski definition) is 0. The summed E-state index contributed by atoms with van der Waals surface area (Å²) in [5.41, 5.74) is 6.31. The number of ether oxygens (including phenoxy) is 2. The molecule has 1 saturated carbocycles. The highest BCUT2D eigenvalue weighted by Gasteiger charge is 2.53. The van der Waals surface area contributed by atoms with Crippen LogP contribution >= 0.6 is 0 Å². The van der Waals surface area contributed by atoms with E-state index in [0.29, 0.717) is 17.1 Å². The van der Waals surface area contributed by atoms with Crippen LogP contribution in [-0.2, 0) is 16.6 Å². The lowest BCUT2D eigenvalue weighted by atomic mass is 9.53. The molecule has 0 N–H and O–H groups in total. The first-order chi connectivity index (χ1) is 15.9. The Morgan fingerprint density at radius 2 is 2.00 bits per heavy atom. The summed E-state index contributed by atoms with van der Waals surface area (Å²) >= 11 is 0. The Balaban J connectivity index is 1.24. The molecular weight excluding hydrogens is 408 g/mol. The van der Waals surface area contributed by atoms with E-state index in [2.05, 4.69) is 56.3 Å². The number of aryl methyl sites for hydroxylation is 1. The van der Waals surface area contributed by atoms with Crippen molar-refractivity contribution in [3.8, 4) is 11.5 Å². The number of carbonyl (C=O) groups is 1. The number of fused-ring (bicyclic) bond motifs is 6. The Morgan fingerprint density at radius 3 is 2.85 bits per heavy atom. The zero-order chi connectivity index (χ0) is 22.8. The number of rotatable bonds is 3. The topological polar surface area (TPSA) is 35.5 Å². The summed E-state index contributed by atoms with van der Waals surface area (Å²) in [5, 5.41) is 0. The fourth-order valence-electron chi connectivity index (χ4n) is 7.69. The van der Waals surface area contributed by atoms with Gasteiger partial charge in [0.15, 0.2) is 0 Å². The Morgan fingerprint density at radius 1 is 1.15 bits per heavy atom. The van der Waals surface area contributed by atoms with Crippen LogP contribution in [0.5, 0.6) is 11.5 Å². The first-order valence-electron chi connectivity index (χ1n) is 12.6. The van der Waals surface area contributed by atoms with Crippen molar-refractivity contribution in [1.82, 2.24) is 0 Å². The molecule has 2 aromatic rings. The summed E-state index contributed by atoms with van der Waals surface area (Å²) < 4.78 is 11.4. The van der Waals surface area contributed by atoms with Crippen molar-refractivity contribution in [1.29, 1.82) is 0 Å². The van der Waals surface area contributed by atoms with E-state index in [1.165, 1.54) is 49.3 Å². The molecule has 0 saturated heterocycles. The van der Waals surface area contributed by atoms with E-state index < -0.39 is 0 Å². The largest absolute Gasteiger partial charge is 0.492 e. The molecule has 3 nitrogen and oxygen atoms in total. The summed E-state index contributed by atoms with van der Waals surface area (Å²) in [5.74, 6) is 3.62. The van der Waals surface area contributed by atoms with Gasteiger partial charge in [0.05, 0.1) is 6.61 Å². The van der Waals surface area contributed by atoms with Gasteiger partial charge in [-0.3, -0.25) is 4.79 Å². The van der Waals surface area contributed by atoms with E-state index >= 15 is 0 Å². The highest BCUT2D eigenvalue weighted by molar-refractivity contribution is 5.69. The molecule has 0 unspecified atom stereocenters. The van der Waals surface area contributed by atoms with Crippen LogP contribution in [0.25, 0.3) is 0 Å². The molecule has 0 radical (unpaired) electrons. The van der Waals surface area contributed by atoms with Gasteiger partial charge in [-0.15, -0.1) is 0 Å². The van der Waals surface area contributed by atoms with Crippen molar-refractivity contribution >= 4 is 5.97 Å². The van der Waals surface area contributed by atoms with Crippen molar-refractivity contribution in [3.63, 3.8) is 0 Å². The molecule has 33 heavy (non-hydrogen) atoms. The zero-order valence-corrected chi connectivity index (χ0v) is 20.0. The Labute approximate surface area is 197 Å². The van der Waals surface area contributed by atoms with Crippen molar-refractivity contribution in [2.24, 2.45) is 17.3 Å². The Kier molecular flexibility index (Phi) is 4.76. The summed E-state index contributed by atoms with van der Waals surface area (Å²) in [6, 6.07) is 14.9. The summed E-state index contributed by atoms with van der Waals surface area (Å²) in [6.45, 7) is 7.20. The fourth-order valence-corrected chi connectivity index (χ4v) is 7.69. The van der Waals surface area contributed by atoms with Gasteiger partial charge in [0.2, 0.25) is 0 Å². The number of esters is 1. The maximum absolute atomic E-state index is 11.4. The molecule has 2 aromatic carbocycles. The second kappa shape index (κ2) is 7.48. The molecular formula is C30H34O3. The maximum atomic E-state index is 11.4. The molecule has 0 bridgehead atoms. The van der Waals surface area contributed by atoms with Gasteiger partial charge in [0, 0.05) is 17.9 Å². The molecule has 0 spiro atoms. The standard InChI is InChI=1S/C30H34O3/c1-19(31)33-22-10-12-23-20(16-22)8-11-25-24(23)14-15-30(3)21(9-13-26(25)30)17-29(2)18-32-28-7-5-4-6-27(28)29/h4-7,9-10,12,16,24-26H,8,11,13-15,17-18H2,1-3H3/t24-,25-,26+,29+,30-/m1/s1. The fraction of sp³-hybridized carbons (Fsp3) is 0.500. The molecule has 1 fully saturated rings. The molecule has 6 rings (SSSR count). The molecule has 1 heterocycles. The van der Waals surface area contributed by atoms with E-state index in [9.17, 15) is 4.79 Å². The molecule has 3 aliphatic carbocycles. The van der Waals surface area contributed by atoms with Crippen LogP contribution in [0, 0.1) is 17.3 Å². The number of hydrogen-bond acceptors (Lipinski definition) is 3. The van der Waals surface area contributed by atoms with Gasteiger partial charge in [-0.05, 0) is 91.0 Å².